The van der Waals surface area contributed by atoms with Crippen LogP contribution in [0.4, 0.5) is 11.4 Å². The molecule has 2 aromatic rings. The second-order valence-corrected chi connectivity index (χ2v) is 4.72. The molecule has 0 aliphatic heterocycles. The molecule has 0 bridgehead atoms. The van der Waals surface area contributed by atoms with Gasteiger partial charge in [0.1, 0.15) is 4.47 Å². The summed E-state index contributed by atoms with van der Waals surface area (Å²) in [5.41, 5.74) is 1.32. The molecular weight excluding hydrogens is 298 g/mol. The maximum Gasteiger partial charge on any atom is 0.283 e. The van der Waals surface area contributed by atoms with Crippen molar-refractivity contribution in [1.82, 2.24) is 19.6 Å². The Morgan fingerprint density at radius 3 is 2.78 bits per heavy atom. The molecule has 0 aliphatic rings. The van der Waals surface area contributed by atoms with Crippen LogP contribution in [0.15, 0.2) is 27.9 Å². The quantitative estimate of drug-likeness (QED) is 0.936. The molecule has 18 heavy (non-hydrogen) atoms. The number of nitrogens with one attached hydrogen (secondary N) is 1. The van der Waals surface area contributed by atoms with Gasteiger partial charge in [-0.25, -0.2) is 4.68 Å². The van der Waals surface area contributed by atoms with Crippen LogP contribution in [0.5, 0.6) is 0 Å². The lowest BCUT2D eigenvalue weighted by atomic mass is 10.4. The number of halogens is 1. The number of nitrogens with zero attached hydrogens (tertiary/aromatic N) is 4. The van der Waals surface area contributed by atoms with E-state index in [1.807, 2.05) is 20.2 Å². The molecule has 0 saturated heterocycles. The monoisotopic (exact) mass is 311 g/mol. The summed E-state index contributed by atoms with van der Waals surface area (Å²) in [4.78, 5) is 12.0. The molecule has 0 aliphatic carbocycles. The van der Waals surface area contributed by atoms with Crippen molar-refractivity contribution in [2.75, 3.05) is 5.32 Å². The van der Waals surface area contributed by atoms with Gasteiger partial charge in [0.15, 0.2) is 0 Å². The van der Waals surface area contributed by atoms with Gasteiger partial charge in [0.2, 0.25) is 0 Å². The Morgan fingerprint density at radius 1 is 1.39 bits per heavy atom. The van der Waals surface area contributed by atoms with E-state index in [1.54, 1.807) is 17.1 Å². The molecule has 7 heteroatoms. The van der Waals surface area contributed by atoms with Gasteiger partial charge in [0.25, 0.3) is 5.56 Å². The van der Waals surface area contributed by atoms with Gasteiger partial charge in [0.05, 0.1) is 23.8 Å². The van der Waals surface area contributed by atoms with E-state index in [-0.39, 0.29) is 5.56 Å². The third kappa shape index (κ3) is 2.61. The van der Waals surface area contributed by atoms with Crippen LogP contribution in [0.2, 0.25) is 0 Å². The zero-order valence-electron chi connectivity index (χ0n) is 10.2. The molecule has 0 saturated carbocycles. The largest absolute Gasteiger partial charge is 0.351 e. The first-order valence-electron chi connectivity index (χ1n) is 5.63. The van der Waals surface area contributed by atoms with Crippen molar-refractivity contribution in [3.63, 3.8) is 0 Å². The minimum absolute atomic E-state index is 0.134. The van der Waals surface area contributed by atoms with Crippen LogP contribution in [0.3, 0.4) is 0 Å². The average molecular weight is 312 g/mol. The smallest absolute Gasteiger partial charge is 0.283 e. The number of aryl methyl sites for hydroxylation is 2. The minimum atomic E-state index is -0.134. The Bertz CT molecular complexity index is 604. The first-order valence-corrected chi connectivity index (χ1v) is 6.42. The zero-order chi connectivity index (χ0) is 13.1. The molecule has 0 spiro atoms. The molecule has 0 unspecified atom stereocenters. The van der Waals surface area contributed by atoms with Crippen LogP contribution in [0, 0.1) is 0 Å². The van der Waals surface area contributed by atoms with E-state index in [4.69, 9.17) is 0 Å². The molecular formula is C11H14BrN5O. The predicted octanol–water partition coefficient (Wildman–Crippen LogP) is 1.89. The van der Waals surface area contributed by atoms with E-state index in [1.165, 1.54) is 4.68 Å². The van der Waals surface area contributed by atoms with Crippen molar-refractivity contribution in [2.24, 2.45) is 7.05 Å². The van der Waals surface area contributed by atoms with E-state index in [2.05, 4.69) is 31.4 Å². The standard InChI is InChI=1S/C11H14BrN5O/c1-3-4-17-11(18)10(12)9(6-14-17)15-8-5-13-16(2)7-8/h5-7,15H,3-4H2,1-2H3. The van der Waals surface area contributed by atoms with Crippen LogP contribution in [0.1, 0.15) is 13.3 Å². The SMILES string of the molecule is CCCn1ncc(Nc2cnn(C)c2)c(Br)c1=O. The van der Waals surface area contributed by atoms with Crippen molar-refractivity contribution in [3.05, 3.63) is 33.4 Å². The number of hydrogen-bond donors (Lipinski definition) is 1. The highest BCUT2D eigenvalue weighted by atomic mass is 79.9. The van der Waals surface area contributed by atoms with Crippen molar-refractivity contribution in [1.29, 1.82) is 0 Å². The number of hydrogen-bond acceptors (Lipinski definition) is 4. The van der Waals surface area contributed by atoms with E-state index < -0.39 is 0 Å². The molecule has 96 valence electrons. The summed E-state index contributed by atoms with van der Waals surface area (Å²) in [5, 5.41) is 11.3. The van der Waals surface area contributed by atoms with Crippen molar-refractivity contribution in [2.45, 2.75) is 19.9 Å². The van der Waals surface area contributed by atoms with E-state index in [0.29, 0.717) is 16.7 Å². The Kier molecular flexibility index (Phi) is 3.81. The van der Waals surface area contributed by atoms with Gasteiger partial charge in [-0.3, -0.25) is 9.48 Å². The first-order chi connectivity index (χ1) is 8.61. The van der Waals surface area contributed by atoms with Crippen molar-refractivity contribution >= 4 is 27.3 Å². The Morgan fingerprint density at radius 2 is 2.17 bits per heavy atom. The Balaban J connectivity index is 2.30. The van der Waals surface area contributed by atoms with E-state index in [0.717, 1.165) is 12.1 Å². The second kappa shape index (κ2) is 5.34. The maximum atomic E-state index is 12.0. The van der Waals surface area contributed by atoms with Gasteiger partial charge < -0.3 is 5.32 Å². The van der Waals surface area contributed by atoms with Gasteiger partial charge in [0, 0.05) is 19.8 Å². The van der Waals surface area contributed by atoms with Crippen LogP contribution in [-0.4, -0.2) is 19.6 Å². The highest BCUT2D eigenvalue weighted by molar-refractivity contribution is 9.10. The molecule has 2 aromatic heterocycles. The molecule has 2 rings (SSSR count). The second-order valence-electron chi connectivity index (χ2n) is 3.93. The van der Waals surface area contributed by atoms with Crippen LogP contribution >= 0.6 is 15.9 Å². The summed E-state index contributed by atoms with van der Waals surface area (Å²) >= 11 is 3.30. The predicted molar refractivity (Wildman–Crippen MR) is 73.0 cm³/mol. The highest BCUT2D eigenvalue weighted by Gasteiger charge is 2.09. The molecule has 0 atom stereocenters. The lowest BCUT2D eigenvalue weighted by Gasteiger charge is -2.08. The molecule has 6 nitrogen and oxygen atoms in total. The van der Waals surface area contributed by atoms with Crippen LogP contribution in [0.25, 0.3) is 0 Å². The lowest BCUT2D eigenvalue weighted by molar-refractivity contribution is 0.566. The molecule has 2 heterocycles. The highest BCUT2D eigenvalue weighted by Crippen LogP contribution is 2.20. The fraction of sp³-hybridized carbons (Fsp3) is 0.364. The normalized spacial score (nSPS) is 10.6. The molecule has 0 aromatic carbocycles. The molecule has 0 fully saturated rings. The number of anilines is 2. The van der Waals surface area contributed by atoms with Crippen LogP contribution < -0.4 is 10.9 Å². The van der Waals surface area contributed by atoms with Gasteiger partial charge in [-0.05, 0) is 22.4 Å². The van der Waals surface area contributed by atoms with Gasteiger partial charge in [-0.1, -0.05) is 6.92 Å². The molecule has 0 amide bonds. The number of rotatable bonds is 4. The van der Waals surface area contributed by atoms with Crippen molar-refractivity contribution in [3.8, 4) is 0 Å². The fourth-order valence-electron chi connectivity index (χ4n) is 1.56. The summed E-state index contributed by atoms with van der Waals surface area (Å²) in [6, 6.07) is 0. The van der Waals surface area contributed by atoms with Gasteiger partial charge >= 0.3 is 0 Å². The number of aromatic nitrogens is 4. The van der Waals surface area contributed by atoms with Crippen molar-refractivity contribution < 1.29 is 0 Å². The summed E-state index contributed by atoms with van der Waals surface area (Å²) in [6.45, 7) is 2.62. The van der Waals surface area contributed by atoms with E-state index >= 15 is 0 Å². The molecule has 0 radical (unpaired) electrons. The third-order valence-corrected chi connectivity index (χ3v) is 3.17. The summed E-state index contributed by atoms with van der Waals surface area (Å²) in [6.07, 6.45) is 6.01. The Labute approximate surface area is 113 Å². The average Bonchev–Trinajstić information content (AvgIpc) is 2.75. The topological polar surface area (TPSA) is 64.7 Å². The zero-order valence-corrected chi connectivity index (χ0v) is 11.8. The van der Waals surface area contributed by atoms with Gasteiger partial charge in [-0.15, -0.1) is 0 Å². The van der Waals surface area contributed by atoms with Gasteiger partial charge in [-0.2, -0.15) is 10.2 Å². The summed E-state index contributed by atoms with van der Waals surface area (Å²) in [7, 11) is 1.83. The fourth-order valence-corrected chi connectivity index (χ4v) is 1.97. The molecule has 1 N–H and O–H groups in total. The summed E-state index contributed by atoms with van der Waals surface area (Å²) < 4.78 is 3.61. The maximum absolute atomic E-state index is 12.0. The first kappa shape index (κ1) is 12.8. The van der Waals surface area contributed by atoms with E-state index in [9.17, 15) is 4.79 Å². The third-order valence-electron chi connectivity index (χ3n) is 2.40. The van der Waals surface area contributed by atoms with Crippen LogP contribution in [-0.2, 0) is 13.6 Å². The minimum Gasteiger partial charge on any atom is -0.351 e. The summed E-state index contributed by atoms with van der Waals surface area (Å²) in [5.74, 6) is 0. The lowest BCUT2D eigenvalue weighted by Crippen LogP contribution is -2.23. The Hall–Kier alpha value is -1.63.